The first-order valence-electron chi connectivity index (χ1n) is 8.88. The van der Waals surface area contributed by atoms with Crippen LogP contribution >= 0.6 is 0 Å². The molecule has 27 heavy (non-hydrogen) atoms. The molecule has 0 atom stereocenters. The summed E-state index contributed by atoms with van der Waals surface area (Å²) in [6.07, 6.45) is 6.26. The Labute approximate surface area is 161 Å². The number of hydrogen-bond donors (Lipinski definition) is 3. The van der Waals surface area contributed by atoms with Crippen LogP contribution in [0.5, 0.6) is 0 Å². The minimum atomic E-state index is -0.165. The minimum absolute atomic E-state index is 0.115. The molecule has 2 aromatic carbocycles. The third-order valence-corrected chi connectivity index (χ3v) is 3.94. The molecule has 0 fully saturated rings. The second-order valence-corrected chi connectivity index (χ2v) is 6.37. The van der Waals surface area contributed by atoms with E-state index >= 15 is 0 Å². The minimum Gasteiger partial charge on any atom is -0.356 e. The molecular formula is C22H26N4O. The first kappa shape index (κ1) is 20.1. The molecular weight excluding hydrogens is 336 g/mol. The SMILES string of the molecule is C#Cc1cccc(NC(=O)CNC(=NC)NCCc2cc(C)cc(C)c2)c1. The Bertz CT molecular complexity index is 845. The smallest absolute Gasteiger partial charge is 0.243 e. The number of rotatable bonds is 6. The van der Waals surface area contributed by atoms with E-state index in [1.165, 1.54) is 16.7 Å². The number of amides is 1. The van der Waals surface area contributed by atoms with Crippen molar-refractivity contribution >= 4 is 17.6 Å². The van der Waals surface area contributed by atoms with Gasteiger partial charge in [0.05, 0.1) is 6.54 Å². The first-order valence-corrected chi connectivity index (χ1v) is 8.88. The molecule has 0 saturated carbocycles. The Morgan fingerprint density at radius 1 is 1.11 bits per heavy atom. The lowest BCUT2D eigenvalue weighted by Gasteiger charge is -2.12. The van der Waals surface area contributed by atoms with E-state index in [2.05, 4.69) is 58.9 Å². The molecule has 0 aliphatic heterocycles. The summed E-state index contributed by atoms with van der Waals surface area (Å²) < 4.78 is 0. The van der Waals surface area contributed by atoms with Crippen molar-refractivity contribution < 1.29 is 4.79 Å². The summed E-state index contributed by atoms with van der Waals surface area (Å²) in [5, 5.41) is 9.05. The lowest BCUT2D eigenvalue weighted by molar-refractivity contribution is -0.115. The molecule has 3 N–H and O–H groups in total. The van der Waals surface area contributed by atoms with Gasteiger partial charge in [0.2, 0.25) is 5.91 Å². The molecule has 0 saturated heterocycles. The Kier molecular flexibility index (Phi) is 7.45. The van der Waals surface area contributed by atoms with Crippen molar-refractivity contribution in [3.05, 3.63) is 64.7 Å². The van der Waals surface area contributed by atoms with Gasteiger partial charge < -0.3 is 16.0 Å². The maximum absolute atomic E-state index is 12.1. The largest absolute Gasteiger partial charge is 0.356 e. The molecule has 0 bridgehead atoms. The summed E-state index contributed by atoms with van der Waals surface area (Å²) in [6, 6.07) is 13.7. The van der Waals surface area contributed by atoms with Crippen LogP contribution in [-0.2, 0) is 11.2 Å². The van der Waals surface area contributed by atoms with Crippen LogP contribution in [0.25, 0.3) is 0 Å². The third kappa shape index (κ3) is 6.87. The van der Waals surface area contributed by atoms with E-state index in [9.17, 15) is 4.79 Å². The van der Waals surface area contributed by atoms with Crippen LogP contribution in [0.4, 0.5) is 5.69 Å². The summed E-state index contributed by atoms with van der Waals surface area (Å²) in [4.78, 5) is 16.2. The molecule has 1 amide bonds. The van der Waals surface area contributed by atoms with Gasteiger partial charge in [-0.2, -0.15) is 0 Å². The van der Waals surface area contributed by atoms with Gasteiger partial charge in [-0.1, -0.05) is 41.3 Å². The van der Waals surface area contributed by atoms with Crippen LogP contribution in [0.15, 0.2) is 47.5 Å². The molecule has 0 radical (unpaired) electrons. The fourth-order valence-electron chi connectivity index (χ4n) is 2.82. The second-order valence-electron chi connectivity index (χ2n) is 6.37. The monoisotopic (exact) mass is 362 g/mol. The molecule has 0 aliphatic rings. The van der Waals surface area contributed by atoms with Crippen LogP contribution in [0.1, 0.15) is 22.3 Å². The van der Waals surface area contributed by atoms with Gasteiger partial charge in [0.25, 0.3) is 0 Å². The molecule has 2 aromatic rings. The van der Waals surface area contributed by atoms with Gasteiger partial charge in [-0.15, -0.1) is 6.42 Å². The van der Waals surface area contributed by atoms with E-state index in [1.807, 2.05) is 12.1 Å². The van der Waals surface area contributed by atoms with Crippen LogP contribution in [0, 0.1) is 26.2 Å². The van der Waals surface area contributed by atoms with Crippen LogP contribution < -0.4 is 16.0 Å². The summed E-state index contributed by atoms with van der Waals surface area (Å²) in [6.45, 7) is 5.04. The Hall–Kier alpha value is -3.26. The normalized spacial score (nSPS) is 10.8. The van der Waals surface area contributed by atoms with Gasteiger partial charge in [0.1, 0.15) is 0 Å². The zero-order valence-electron chi connectivity index (χ0n) is 16.1. The van der Waals surface area contributed by atoms with Crippen LogP contribution in [-0.4, -0.2) is 32.0 Å². The zero-order chi connectivity index (χ0) is 19.6. The summed E-state index contributed by atoms with van der Waals surface area (Å²) in [7, 11) is 1.68. The number of carbonyl (C=O) groups is 1. The van der Waals surface area contributed by atoms with Gasteiger partial charge in [0.15, 0.2) is 5.96 Å². The number of aliphatic imine (C=N–C) groups is 1. The topological polar surface area (TPSA) is 65.5 Å². The lowest BCUT2D eigenvalue weighted by atomic mass is 10.1. The van der Waals surface area contributed by atoms with E-state index in [0.717, 1.165) is 18.5 Å². The van der Waals surface area contributed by atoms with Crippen molar-refractivity contribution in [2.45, 2.75) is 20.3 Å². The Morgan fingerprint density at radius 2 is 1.85 bits per heavy atom. The van der Waals surface area contributed by atoms with Gasteiger partial charge in [0, 0.05) is 24.8 Å². The average molecular weight is 362 g/mol. The van der Waals surface area contributed by atoms with Crippen molar-refractivity contribution in [3.63, 3.8) is 0 Å². The molecule has 0 heterocycles. The van der Waals surface area contributed by atoms with E-state index in [4.69, 9.17) is 6.42 Å². The van der Waals surface area contributed by atoms with E-state index < -0.39 is 0 Å². The number of anilines is 1. The molecule has 140 valence electrons. The van der Waals surface area contributed by atoms with E-state index in [0.29, 0.717) is 11.6 Å². The summed E-state index contributed by atoms with van der Waals surface area (Å²) >= 11 is 0. The molecule has 2 rings (SSSR count). The highest BCUT2D eigenvalue weighted by Crippen LogP contribution is 2.10. The quantitative estimate of drug-likeness (QED) is 0.420. The number of nitrogens with one attached hydrogen (secondary N) is 3. The van der Waals surface area contributed by atoms with E-state index in [-0.39, 0.29) is 12.5 Å². The van der Waals surface area contributed by atoms with Gasteiger partial charge in [-0.3, -0.25) is 9.79 Å². The predicted octanol–water partition coefficient (Wildman–Crippen LogP) is 2.63. The number of aryl methyl sites for hydroxylation is 2. The highest BCUT2D eigenvalue weighted by atomic mass is 16.1. The highest BCUT2D eigenvalue weighted by Gasteiger charge is 2.05. The molecule has 5 nitrogen and oxygen atoms in total. The van der Waals surface area contributed by atoms with Crippen molar-refractivity contribution in [2.24, 2.45) is 4.99 Å². The molecule has 0 unspecified atom stereocenters. The molecule has 0 spiro atoms. The summed E-state index contributed by atoms with van der Waals surface area (Å²) in [5.74, 6) is 2.97. The fourth-order valence-corrected chi connectivity index (χ4v) is 2.82. The van der Waals surface area contributed by atoms with Crippen LogP contribution in [0.2, 0.25) is 0 Å². The Balaban J connectivity index is 1.77. The molecule has 0 aromatic heterocycles. The maximum atomic E-state index is 12.1. The molecule has 5 heteroatoms. The predicted molar refractivity (Wildman–Crippen MR) is 112 cm³/mol. The standard InChI is InChI=1S/C22H26N4O/c1-5-18-7-6-8-20(14-18)26-21(27)15-25-22(23-4)24-10-9-19-12-16(2)11-17(3)13-19/h1,6-8,11-14H,9-10,15H2,2-4H3,(H,26,27)(H2,23,24,25). The number of hydrogen-bond acceptors (Lipinski definition) is 2. The number of carbonyl (C=O) groups excluding carboxylic acids is 1. The number of guanidine groups is 1. The van der Waals surface area contributed by atoms with Gasteiger partial charge >= 0.3 is 0 Å². The van der Waals surface area contributed by atoms with Crippen molar-refractivity contribution in [1.29, 1.82) is 0 Å². The second kappa shape index (κ2) is 10.0. The summed E-state index contributed by atoms with van der Waals surface area (Å²) in [5.41, 5.74) is 5.21. The molecule has 0 aliphatic carbocycles. The van der Waals surface area contributed by atoms with Crippen LogP contribution in [0.3, 0.4) is 0 Å². The number of nitrogens with zero attached hydrogens (tertiary/aromatic N) is 1. The fraction of sp³-hybridized carbons (Fsp3) is 0.273. The Morgan fingerprint density at radius 3 is 2.52 bits per heavy atom. The lowest BCUT2D eigenvalue weighted by Crippen LogP contribution is -2.42. The number of benzene rings is 2. The third-order valence-electron chi connectivity index (χ3n) is 3.94. The average Bonchev–Trinajstić information content (AvgIpc) is 2.64. The number of terminal acetylenes is 1. The first-order chi connectivity index (χ1) is 13.0. The van der Waals surface area contributed by atoms with Gasteiger partial charge in [-0.05, 0) is 44.0 Å². The van der Waals surface area contributed by atoms with Crippen molar-refractivity contribution in [3.8, 4) is 12.3 Å². The highest BCUT2D eigenvalue weighted by molar-refractivity contribution is 5.95. The zero-order valence-corrected chi connectivity index (χ0v) is 16.1. The van der Waals surface area contributed by atoms with Gasteiger partial charge in [-0.25, -0.2) is 0 Å². The van der Waals surface area contributed by atoms with Crippen molar-refractivity contribution in [1.82, 2.24) is 10.6 Å². The van der Waals surface area contributed by atoms with Crippen molar-refractivity contribution in [2.75, 3.05) is 25.5 Å². The maximum Gasteiger partial charge on any atom is 0.243 e. The van der Waals surface area contributed by atoms with E-state index in [1.54, 1.807) is 19.2 Å².